The van der Waals surface area contributed by atoms with Crippen molar-refractivity contribution in [2.24, 2.45) is 0 Å². The van der Waals surface area contributed by atoms with Crippen molar-refractivity contribution in [3.63, 3.8) is 0 Å². The highest BCUT2D eigenvalue weighted by atomic mass is 32.1. The van der Waals surface area contributed by atoms with Crippen molar-refractivity contribution in [2.45, 2.75) is 25.2 Å². The molecule has 112 valence electrons. The Morgan fingerprint density at radius 2 is 2.19 bits per heavy atom. The third kappa shape index (κ3) is 3.51. The minimum Gasteiger partial charge on any atom is -0.381 e. The molecule has 1 atom stereocenters. The zero-order valence-electron chi connectivity index (χ0n) is 12.5. The van der Waals surface area contributed by atoms with E-state index in [1.165, 1.54) is 21.9 Å². The summed E-state index contributed by atoms with van der Waals surface area (Å²) in [6.45, 7) is 2.72. The Kier molecular flexibility index (Phi) is 5.01. The highest BCUT2D eigenvalue weighted by molar-refractivity contribution is 7.12. The average molecular weight is 302 g/mol. The number of aromatic nitrogens is 1. The first-order valence-corrected chi connectivity index (χ1v) is 8.47. The average Bonchev–Trinajstić information content (AvgIpc) is 2.99. The van der Waals surface area contributed by atoms with E-state index in [1.54, 1.807) is 0 Å². The number of nitrogens with one attached hydrogen (secondary N) is 1. The maximum absolute atomic E-state index is 5.63. The SMILES string of the molecule is CNCCc1sc(C2CCCOC2)nc1-c1ccccc1. The van der Waals surface area contributed by atoms with Crippen LogP contribution in [0.3, 0.4) is 0 Å². The van der Waals surface area contributed by atoms with Gasteiger partial charge < -0.3 is 10.1 Å². The lowest BCUT2D eigenvalue weighted by molar-refractivity contribution is 0.0804. The van der Waals surface area contributed by atoms with Gasteiger partial charge in [0.2, 0.25) is 0 Å². The van der Waals surface area contributed by atoms with Crippen LogP contribution in [0.5, 0.6) is 0 Å². The second-order valence-electron chi connectivity index (χ2n) is 5.46. The fourth-order valence-electron chi connectivity index (χ4n) is 2.71. The summed E-state index contributed by atoms with van der Waals surface area (Å²) in [5.41, 5.74) is 2.39. The number of benzene rings is 1. The molecule has 4 heteroatoms. The topological polar surface area (TPSA) is 34.1 Å². The molecule has 0 saturated carbocycles. The van der Waals surface area contributed by atoms with Crippen molar-refractivity contribution in [1.29, 1.82) is 0 Å². The van der Waals surface area contributed by atoms with Gasteiger partial charge in [-0.1, -0.05) is 30.3 Å². The lowest BCUT2D eigenvalue weighted by Crippen LogP contribution is -2.15. The van der Waals surface area contributed by atoms with Gasteiger partial charge in [-0.2, -0.15) is 0 Å². The molecule has 0 amide bonds. The van der Waals surface area contributed by atoms with Crippen LogP contribution in [0.4, 0.5) is 0 Å². The van der Waals surface area contributed by atoms with Gasteiger partial charge in [0.25, 0.3) is 0 Å². The Hall–Kier alpha value is -1.23. The van der Waals surface area contributed by atoms with Crippen molar-refractivity contribution in [2.75, 3.05) is 26.8 Å². The number of rotatable bonds is 5. The van der Waals surface area contributed by atoms with Crippen molar-refractivity contribution < 1.29 is 4.74 Å². The van der Waals surface area contributed by atoms with Crippen molar-refractivity contribution in [1.82, 2.24) is 10.3 Å². The molecule has 1 fully saturated rings. The number of nitrogens with zero attached hydrogens (tertiary/aromatic N) is 1. The van der Waals surface area contributed by atoms with Gasteiger partial charge in [0.15, 0.2) is 0 Å². The highest BCUT2D eigenvalue weighted by Crippen LogP contribution is 2.35. The smallest absolute Gasteiger partial charge is 0.0989 e. The predicted octanol–water partition coefficient (Wildman–Crippen LogP) is 3.47. The number of likely N-dealkylation sites (N-methyl/N-ethyl adjacent to an activating group) is 1. The Balaban J connectivity index is 1.90. The van der Waals surface area contributed by atoms with Gasteiger partial charge in [-0.3, -0.25) is 0 Å². The first kappa shape index (κ1) is 14.7. The summed E-state index contributed by atoms with van der Waals surface area (Å²) in [7, 11) is 2.00. The first-order valence-electron chi connectivity index (χ1n) is 7.66. The van der Waals surface area contributed by atoms with E-state index in [0.717, 1.165) is 38.3 Å². The molecule has 3 rings (SSSR count). The van der Waals surface area contributed by atoms with Crippen LogP contribution in [0, 0.1) is 0 Å². The van der Waals surface area contributed by atoms with Crippen LogP contribution in [0.2, 0.25) is 0 Å². The predicted molar refractivity (Wildman–Crippen MR) is 88.0 cm³/mol. The molecule has 1 aromatic heterocycles. The Morgan fingerprint density at radius 3 is 2.90 bits per heavy atom. The van der Waals surface area contributed by atoms with Crippen molar-refractivity contribution >= 4 is 11.3 Å². The number of ether oxygens (including phenoxy) is 1. The summed E-state index contributed by atoms with van der Waals surface area (Å²) in [5.74, 6) is 0.481. The zero-order chi connectivity index (χ0) is 14.5. The molecule has 0 spiro atoms. The summed E-state index contributed by atoms with van der Waals surface area (Å²) < 4.78 is 5.63. The van der Waals surface area contributed by atoms with E-state index in [2.05, 4.69) is 35.6 Å². The van der Waals surface area contributed by atoms with Crippen molar-refractivity contribution in [3.05, 3.63) is 40.2 Å². The maximum atomic E-state index is 5.63. The van der Waals surface area contributed by atoms with Gasteiger partial charge in [-0.15, -0.1) is 11.3 Å². The monoisotopic (exact) mass is 302 g/mol. The molecule has 21 heavy (non-hydrogen) atoms. The summed E-state index contributed by atoms with van der Waals surface area (Å²) >= 11 is 1.87. The molecule has 0 radical (unpaired) electrons. The van der Waals surface area contributed by atoms with Crippen LogP contribution in [0.25, 0.3) is 11.3 Å². The Labute approximate surface area is 130 Å². The quantitative estimate of drug-likeness (QED) is 0.918. The molecule has 1 unspecified atom stereocenters. The van der Waals surface area contributed by atoms with E-state index in [1.807, 2.05) is 18.4 Å². The molecule has 0 aliphatic carbocycles. The van der Waals surface area contributed by atoms with Crippen LogP contribution >= 0.6 is 11.3 Å². The molecule has 1 N–H and O–H groups in total. The minimum atomic E-state index is 0.481. The Morgan fingerprint density at radius 1 is 1.33 bits per heavy atom. The molecule has 1 aromatic carbocycles. The van der Waals surface area contributed by atoms with E-state index in [9.17, 15) is 0 Å². The summed E-state index contributed by atoms with van der Waals surface area (Å²) in [4.78, 5) is 6.35. The van der Waals surface area contributed by atoms with Gasteiger partial charge in [-0.25, -0.2) is 4.98 Å². The number of hydrogen-bond acceptors (Lipinski definition) is 4. The fourth-order valence-corrected chi connectivity index (χ4v) is 3.92. The summed E-state index contributed by atoms with van der Waals surface area (Å²) in [5, 5.41) is 4.49. The molecule has 1 saturated heterocycles. The Bertz CT molecular complexity index is 561. The van der Waals surface area contributed by atoms with Gasteiger partial charge in [0.1, 0.15) is 0 Å². The number of thiazole rings is 1. The molecule has 2 heterocycles. The summed E-state index contributed by atoms with van der Waals surface area (Å²) in [6.07, 6.45) is 3.38. The fraction of sp³-hybridized carbons (Fsp3) is 0.471. The van der Waals surface area contributed by atoms with E-state index in [0.29, 0.717) is 5.92 Å². The second-order valence-corrected chi connectivity index (χ2v) is 6.57. The van der Waals surface area contributed by atoms with E-state index in [4.69, 9.17) is 9.72 Å². The standard InChI is InChI=1S/C17H22N2OS/c1-18-10-9-15-16(13-6-3-2-4-7-13)19-17(21-15)14-8-5-11-20-12-14/h2-4,6-7,14,18H,5,8-12H2,1H3. The van der Waals surface area contributed by atoms with Crippen LogP contribution in [-0.2, 0) is 11.2 Å². The van der Waals surface area contributed by atoms with Crippen LogP contribution in [0.1, 0.15) is 28.6 Å². The normalized spacial score (nSPS) is 18.8. The highest BCUT2D eigenvalue weighted by Gasteiger charge is 2.22. The molecule has 1 aliphatic rings. The lowest BCUT2D eigenvalue weighted by atomic mass is 10.0. The van der Waals surface area contributed by atoms with E-state index in [-0.39, 0.29) is 0 Å². The summed E-state index contributed by atoms with van der Waals surface area (Å²) in [6, 6.07) is 10.5. The van der Waals surface area contributed by atoms with Gasteiger partial charge in [0.05, 0.1) is 17.3 Å². The first-order chi connectivity index (χ1) is 10.4. The third-order valence-corrected chi connectivity index (χ3v) is 5.15. The van der Waals surface area contributed by atoms with Gasteiger partial charge >= 0.3 is 0 Å². The maximum Gasteiger partial charge on any atom is 0.0989 e. The van der Waals surface area contributed by atoms with E-state index >= 15 is 0 Å². The second kappa shape index (κ2) is 7.16. The molecular formula is C17H22N2OS. The van der Waals surface area contributed by atoms with Gasteiger partial charge in [-0.05, 0) is 32.9 Å². The van der Waals surface area contributed by atoms with Crippen LogP contribution in [0.15, 0.2) is 30.3 Å². The molecule has 1 aliphatic heterocycles. The molecule has 2 aromatic rings. The van der Waals surface area contributed by atoms with E-state index < -0.39 is 0 Å². The lowest BCUT2D eigenvalue weighted by Gasteiger charge is -2.19. The third-order valence-electron chi connectivity index (χ3n) is 3.87. The zero-order valence-corrected chi connectivity index (χ0v) is 13.3. The molecule has 3 nitrogen and oxygen atoms in total. The largest absolute Gasteiger partial charge is 0.381 e. The van der Waals surface area contributed by atoms with Crippen molar-refractivity contribution in [3.8, 4) is 11.3 Å². The van der Waals surface area contributed by atoms with Crippen LogP contribution < -0.4 is 5.32 Å². The van der Waals surface area contributed by atoms with Crippen LogP contribution in [-0.4, -0.2) is 31.8 Å². The number of hydrogen-bond donors (Lipinski definition) is 1. The molecular weight excluding hydrogens is 280 g/mol. The minimum absolute atomic E-state index is 0.481. The molecule has 0 bridgehead atoms. The van der Waals surface area contributed by atoms with Gasteiger partial charge in [0, 0.05) is 23.0 Å².